The average molecular weight is 404 g/mol. The molecule has 2 heterocycles. The second-order valence-electron chi connectivity index (χ2n) is 8.27. The van der Waals surface area contributed by atoms with Gasteiger partial charge in [-0.15, -0.1) is 10.2 Å². The minimum absolute atomic E-state index is 0.0458. The summed E-state index contributed by atoms with van der Waals surface area (Å²) in [5.74, 6) is 1.12. The number of aromatic nitrogens is 4. The lowest BCUT2D eigenvalue weighted by molar-refractivity contribution is -0.123. The summed E-state index contributed by atoms with van der Waals surface area (Å²) in [7, 11) is 1.69. The van der Waals surface area contributed by atoms with Crippen molar-refractivity contribution in [2.45, 2.75) is 27.3 Å². The van der Waals surface area contributed by atoms with Gasteiger partial charge in [0.2, 0.25) is 11.7 Å². The summed E-state index contributed by atoms with van der Waals surface area (Å²) in [5, 5.41) is 15.4. The molecule has 2 aromatic heterocycles. The SMILES string of the molecule is Cn1c(=O)c2ccccc2n2c(CNc3cccc(NC(=O)C(C)(C)C)c3)nnc12. The Labute approximate surface area is 173 Å². The number of hydrogen-bond acceptors (Lipinski definition) is 5. The molecule has 0 atom stereocenters. The molecule has 0 unspecified atom stereocenters. The number of anilines is 2. The minimum Gasteiger partial charge on any atom is -0.378 e. The molecule has 2 aromatic carbocycles. The highest BCUT2D eigenvalue weighted by Crippen LogP contribution is 2.21. The maximum absolute atomic E-state index is 12.6. The molecular weight excluding hydrogens is 380 g/mol. The number of carbonyl (C=O) groups is 1. The number of amides is 1. The van der Waals surface area contributed by atoms with Gasteiger partial charge in [0.25, 0.3) is 5.56 Å². The molecule has 8 heteroatoms. The molecule has 8 nitrogen and oxygen atoms in total. The summed E-state index contributed by atoms with van der Waals surface area (Å²) in [6.07, 6.45) is 0. The summed E-state index contributed by atoms with van der Waals surface area (Å²) in [4.78, 5) is 24.8. The number of para-hydroxylation sites is 1. The highest BCUT2D eigenvalue weighted by atomic mass is 16.2. The highest BCUT2D eigenvalue weighted by molar-refractivity contribution is 5.94. The van der Waals surface area contributed by atoms with Crippen LogP contribution in [0.2, 0.25) is 0 Å². The second-order valence-corrected chi connectivity index (χ2v) is 8.27. The van der Waals surface area contributed by atoms with E-state index in [1.165, 1.54) is 4.57 Å². The van der Waals surface area contributed by atoms with Crippen molar-refractivity contribution in [3.8, 4) is 0 Å². The van der Waals surface area contributed by atoms with Crippen LogP contribution >= 0.6 is 0 Å². The van der Waals surface area contributed by atoms with Gasteiger partial charge in [0.1, 0.15) is 0 Å². The van der Waals surface area contributed by atoms with E-state index in [9.17, 15) is 9.59 Å². The number of hydrogen-bond donors (Lipinski definition) is 2. The van der Waals surface area contributed by atoms with Crippen LogP contribution in [0.5, 0.6) is 0 Å². The fourth-order valence-corrected chi connectivity index (χ4v) is 3.21. The zero-order valence-electron chi connectivity index (χ0n) is 17.4. The van der Waals surface area contributed by atoms with Crippen LogP contribution in [0.25, 0.3) is 16.7 Å². The topological polar surface area (TPSA) is 93.3 Å². The van der Waals surface area contributed by atoms with Crippen LogP contribution in [0.4, 0.5) is 11.4 Å². The molecule has 4 aromatic rings. The van der Waals surface area contributed by atoms with Crippen LogP contribution in [-0.4, -0.2) is 25.1 Å². The van der Waals surface area contributed by atoms with Gasteiger partial charge in [-0.05, 0) is 30.3 Å². The Balaban J connectivity index is 1.63. The molecule has 0 fully saturated rings. The van der Waals surface area contributed by atoms with E-state index in [-0.39, 0.29) is 11.5 Å². The third-order valence-electron chi connectivity index (χ3n) is 4.95. The van der Waals surface area contributed by atoms with Gasteiger partial charge in [-0.2, -0.15) is 0 Å². The molecule has 0 spiro atoms. The van der Waals surface area contributed by atoms with E-state index >= 15 is 0 Å². The number of aryl methyl sites for hydroxylation is 1. The van der Waals surface area contributed by atoms with Crippen LogP contribution in [0.3, 0.4) is 0 Å². The van der Waals surface area contributed by atoms with Gasteiger partial charge >= 0.3 is 0 Å². The largest absolute Gasteiger partial charge is 0.378 e. The van der Waals surface area contributed by atoms with Gasteiger partial charge in [-0.25, -0.2) is 0 Å². The molecule has 154 valence electrons. The molecule has 1 amide bonds. The zero-order valence-corrected chi connectivity index (χ0v) is 17.4. The smallest absolute Gasteiger partial charge is 0.262 e. The molecular formula is C22H24N6O2. The Bertz CT molecular complexity index is 1310. The predicted octanol–water partition coefficient (Wildman–Crippen LogP) is 3.18. The van der Waals surface area contributed by atoms with Crippen LogP contribution in [0.1, 0.15) is 26.6 Å². The Morgan fingerprint density at radius 1 is 1.03 bits per heavy atom. The normalized spacial score (nSPS) is 11.7. The van der Waals surface area contributed by atoms with E-state index in [0.717, 1.165) is 16.9 Å². The molecule has 2 N–H and O–H groups in total. The van der Waals surface area contributed by atoms with Crippen molar-refractivity contribution in [2.75, 3.05) is 10.6 Å². The van der Waals surface area contributed by atoms with E-state index in [2.05, 4.69) is 20.8 Å². The van der Waals surface area contributed by atoms with Gasteiger partial charge in [0, 0.05) is 23.8 Å². The molecule has 0 saturated carbocycles. The quantitative estimate of drug-likeness (QED) is 0.545. The molecule has 0 aliphatic rings. The molecule has 30 heavy (non-hydrogen) atoms. The maximum Gasteiger partial charge on any atom is 0.262 e. The number of nitrogens with one attached hydrogen (secondary N) is 2. The lowest BCUT2D eigenvalue weighted by atomic mass is 9.95. The predicted molar refractivity (Wildman–Crippen MR) is 118 cm³/mol. The number of rotatable bonds is 4. The fraction of sp³-hybridized carbons (Fsp3) is 0.273. The summed E-state index contributed by atoms with van der Waals surface area (Å²) >= 11 is 0. The second kappa shape index (κ2) is 7.29. The first-order valence-electron chi connectivity index (χ1n) is 9.73. The van der Waals surface area contributed by atoms with Crippen LogP contribution < -0.4 is 16.2 Å². The minimum atomic E-state index is -0.471. The first-order chi connectivity index (χ1) is 14.3. The van der Waals surface area contributed by atoms with Gasteiger partial charge in [0.15, 0.2) is 5.82 Å². The molecule has 0 aliphatic heterocycles. The van der Waals surface area contributed by atoms with Crippen molar-refractivity contribution in [3.05, 3.63) is 64.7 Å². The van der Waals surface area contributed by atoms with E-state index in [1.807, 2.05) is 67.6 Å². The third kappa shape index (κ3) is 3.52. The van der Waals surface area contributed by atoms with E-state index < -0.39 is 5.41 Å². The summed E-state index contributed by atoms with van der Waals surface area (Å²) < 4.78 is 3.39. The lowest BCUT2D eigenvalue weighted by Crippen LogP contribution is -2.27. The summed E-state index contributed by atoms with van der Waals surface area (Å²) in [6.45, 7) is 6.02. The molecule has 0 bridgehead atoms. The monoisotopic (exact) mass is 404 g/mol. The van der Waals surface area contributed by atoms with Crippen molar-refractivity contribution in [1.82, 2.24) is 19.2 Å². The van der Waals surface area contributed by atoms with Gasteiger partial charge in [-0.3, -0.25) is 18.6 Å². The fourth-order valence-electron chi connectivity index (χ4n) is 3.21. The van der Waals surface area contributed by atoms with E-state index in [4.69, 9.17) is 0 Å². The van der Waals surface area contributed by atoms with Gasteiger partial charge < -0.3 is 10.6 Å². The Kier molecular flexibility index (Phi) is 4.77. The molecule has 0 saturated heterocycles. The number of carbonyl (C=O) groups excluding carboxylic acids is 1. The highest BCUT2D eigenvalue weighted by Gasteiger charge is 2.21. The van der Waals surface area contributed by atoms with Crippen LogP contribution in [0.15, 0.2) is 53.3 Å². The first kappa shape index (κ1) is 19.6. The van der Waals surface area contributed by atoms with Gasteiger partial charge in [0.05, 0.1) is 17.4 Å². The van der Waals surface area contributed by atoms with Crippen molar-refractivity contribution in [2.24, 2.45) is 12.5 Å². The maximum atomic E-state index is 12.6. The molecule has 0 aliphatic carbocycles. The van der Waals surface area contributed by atoms with Gasteiger partial charge in [-0.1, -0.05) is 39.0 Å². The van der Waals surface area contributed by atoms with Crippen molar-refractivity contribution in [1.29, 1.82) is 0 Å². The number of nitrogens with zero attached hydrogens (tertiary/aromatic N) is 4. The summed E-state index contributed by atoms with van der Waals surface area (Å²) in [5.41, 5.74) is 1.75. The van der Waals surface area contributed by atoms with Crippen LogP contribution in [-0.2, 0) is 18.4 Å². The first-order valence-corrected chi connectivity index (χ1v) is 9.73. The molecule has 0 radical (unpaired) electrons. The Morgan fingerprint density at radius 3 is 2.53 bits per heavy atom. The zero-order chi connectivity index (χ0) is 21.5. The van der Waals surface area contributed by atoms with Crippen molar-refractivity contribution < 1.29 is 4.79 Å². The van der Waals surface area contributed by atoms with Crippen LogP contribution in [0, 0.1) is 5.41 Å². The third-order valence-corrected chi connectivity index (χ3v) is 4.95. The number of fused-ring (bicyclic) bond motifs is 3. The van der Waals surface area contributed by atoms with E-state index in [1.54, 1.807) is 13.1 Å². The van der Waals surface area contributed by atoms with Crippen molar-refractivity contribution >= 4 is 34.0 Å². The standard InChI is InChI=1S/C22H24N6O2/c1-22(2,3)20(30)24-15-9-7-8-14(12-15)23-13-18-25-26-21-27(4)19(29)16-10-5-6-11-17(16)28(18)21/h5-12,23H,13H2,1-4H3,(H,24,30). The number of benzene rings is 2. The van der Waals surface area contributed by atoms with E-state index in [0.29, 0.717) is 23.5 Å². The van der Waals surface area contributed by atoms with Crippen molar-refractivity contribution in [3.63, 3.8) is 0 Å². The summed E-state index contributed by atoms with van der Waals surface area (Å²) in [6, 6.07) is 14.9. The Hall–Kier alpha value is -3.68. The average Bonchev–Trinajstić information content (AvgIpc) is 3.14. The Morgan fingerprint density at radius 2 is 1.77 bits per heavy atom. The lowest BCUT2D eigenvalue weighted by Gasteiger charge is -2.18. The molecule has 4 rings (SSSR count).